The maximum absolute atomic E-state index is 6.25. The van der Waals surface area contributed by atoms with Crippen LogP contribution in [0.4, 0.5) is 0 Å². The van der Waals surface area contributed by atoms with Gasteiger partial charge in [0.05, 0.1) is 0 Å². The maximum atomic E-state index is 6.25. The molecule has 0 heterocycles. The molecule has 0 aromatic rings. The predicted octanol–water partition coefficient (Wildman–Crippen LogP) is 0.284. The Balaban J connectivity index is -0.00000000500. The molecule has 0 N–H and O–H groups in total. The van der Waals surface area contributed by atoms with E-state index < -0.39 is 0 Å². The zero-order valence-corrected chi connectivity index (χ0v) is 5.54. The van der Waals surface area contributed by atoms with Crippen LogP contribution in [0.2, 0.25) is 0 Å². The summed E-state index contributed by atoms with van der Waals surface area (Å²) in [6.45, 7) is 14.2. The molecule has 8 heavy (non-hydrogen) atoms. The Morgan fingerprint density at radius 2 is 0.625 bits per heavy atom. The van der Waals surface area contributed by atoms with Crippen molar-refractivity contribution in [1.29, 1.82) is 15.8 Å². The topological polar surface area (TPSA) is 71.4 Å². The molecule has 0 atom stereocenters. The summed E-state index contributed by atoms with van der Waals surface area (Å²) < 4.78 is 0. The van der Waals surface area contributed by atoms with Gasteiger partial charge >= 0.3 is 17.1 Å². The Labute approximate surface area is 69.8 Å². The van der Waals surface area contributed by atoms with E-state index in [0.717, 1.165) is 0 Å². The van der Waals surface area contributed by atoms with Gasteiger partial charge in [-0.2, -0.15) is 0 Å². The van der Waals surface area contributed by atoms with Crippen molar-refractivity contribution in [2.24, 2.45) is 0 Å². The van der Waals surface area contributed by atoms with Gasteiger partial charge in [-0.3, -0.25) is 0 Å². The number of hydrogen-bond donors (Lipinski definition) is 0. The molecule has 2 radical (unpaired) electrons. The van der Waals surface area contributed by atoms with Gasteiger partial charge in [0.1, 0.15) is 0 Å². The summed E-state index contributed by atoms with van der Waals surface area (Å²) in [5.41, 5.74) is 0. The summed E-state index contributed by atoms with van der Waals surface area (Å²) >= 11 is 0. The van der Waals surface area contributed by atoms with Gasteiger partial charge in [-0.05, 0) is 0 Å². The van der Waals surface area contributed by atoms with Crippen molar-refractivity contribution in [3.05, 3.63) is 19.7 Å². The Morgan fingerprint density at radius 1 is 0.625 bits per heavy atom. The van der Waals surface area contributed by atoms with Gasteiger partial charge in [0.2, 0.25) is 0 Å². The van der Waals surface area contributed by atoms with E-state index in [2.05, 4.69) is 0 Å². The first kappa shape index (κ1) is 50.5. The molecule has 0 saturated carbocycles. The molecule has 0 aliphatic heterocycles. The molecule has 0 fully saturated rings. The van der Waals surface area contributed by atoms with Crippen LogP contribution in [0.25, 0.3) is 0 Å². The minimum atomic E-state index is 0. The second kappa shape index (κ2) is 819. The molecule has 5 heteroatoms. The molecule has 0 aliphatic carbocycles. The second-order valence-corrected chi connectivity index (χ2v) is 0. The molecule has 0 aromatic carbocycles. The van der Waals surface area contributed by atoms with Crippen molar-refractivity contribution in [3.63, 3.8) is 0 Å². The molecule has 0 amide bonds. The van der Waals surface area contributed by atoms with Gasteiger partial charge in [-0.1, -0.05) is 0 Å². The summed E-state index contributed by atoms with van der Waals surface area (Å²) in [4.78, 5) is 0. The molecule has 46 valence electrons. The van der Waals surface area contributed by atoms with Gasteiger partial charge in [0.25, 0.3) is 0 Å². The minimum absolute atomic E-state index is 0. The van der Waals surface area contributed by atoms with Crippen LogP contribution in [0, 0.1) is 35.5 Å². The fourth-order valence-electron chi connectivity index (χ4n) is 0. The van der Waals surface area contributed by atoms with Crippen molar-refractivity contribution in [2.45, 2.75) is 0 Å². The van der Waals surface area contributed by atoms with E-state index in [1.807, 2.05) is 0 Å². The van der Waals surface area contributed by atoms with Crippen LogP contribution < -0.4 is 0 Å². The third-order valence-electron chi connectivity index (χ3n) is 0. The van der Waals surface area contributed by atoms with E-state index >= 15 is 0 Å². The molecule has 0 rings (SSSR count). The maximum Gasteiger partial charge on any atom is 3.00 e. The summed E-state index contributed by atoms with van der Waals surface area (Å²) in [6, 6.07) is 0. The van der Waals surface area contributed by atoms with Crippen LogP contribution >= 0.6 is 0 Å². The van der Waals surface area contributed by atoms with E-state index in [9.17, 15) is 0 Å². The average Bonchev–Trinajstić information content (AvgIpc) is 1.81. The Morgan fingerprint density at radius 3 is 0.625 bits per heavy atom. The zero-order valence-electron chi connectivity index (χ0n) is 3.50. The van der Waals surface area contributed by atoms with Crippen LogP contribution in [-0.2, 0) is 34.1 Å². The van der Waals surface area contributed by atoms with Crippen molar-refractivity contribution in [3.8, 4) is 0 Å². The molecule has 0 aliphatic rings. The van der Waals surface area contributed by atoms with Gasteiger partial charge in [-0.15, -0.1) is 0 Å². The summed E-state index contributed by atoms with van der Waals surface area (Å²) in [5, 5.41) is 18.8. The van der Waals surface area contributed by atoms with Gasteiger partial charge in [0, 0.05) is 17.1 Å². The molecular weight excluding hydrogens is 197 g/mol. The number of hydrogen-bond acceptors (Lipinski definition) is 3. The van der Waals surface area contributed by atoms with Crippen LogP contribution in [0.5, 0.6) is 0 Å². The van der Waals surface area contributed by atoms with Crippen molar-refractivity contribution in [2.75, 3.05) is 0 Å². The Kier molecular flexibility index (Phi) is 5180. The predicted molar refractivity (Wildman–Crippen MR) is 14.9 cm³/mol. The normalized spacial score (nSPS) is 0.750. The summed E-state index contributed by atoms with van der Waals surface area (Å²) in [7, 11) is 0. The van der Waals surface area contributed by atoms with Gasteiger partial charge in [0.15, 0.2) is 0 Å². The van der Waals surface area contributed by atoms with Gasteiger partial charge in [-0.25, -0.2) is 0 Å². The third-order valence-corrected chi connectivity index (χ3v) is 0. The van der Waals surface area contributed by atoms with Crippen molar-refractivity contribution < 1.29 is 34.1 Å². The molecule has 0 bridgehead atoms. The number of rotatable bonds is 0. The summed E-state index contributed by atoms with van der Waals surface area (Å²) in [6.07, 6.45) is 0. The Bertz CT molecular complexity index is 43.0. The fraction of sp³-hybridized carbons (Fsp3) is 0. The Hall–Kier alpha value is -0.491. The molecule has 3 nitrogen and oxygen atoms in total. The quantitative estimate of drug-likeness (QED) is 0.414. The standard InChI is InChI=1S/3CN.Cu.Fe/c3*1-2;;/q3*-1;;+3. The largest absolute Gasteiger partial charge is 3.00 e. The van der Waals surface area contributed by atoms with E-state index in [1.54, 1.807) is 0 Å². The van der Waals surface area contributed by atoms with E-state index in [-0.39, 0.29) is 34.1 Å². The minimum Gasteiger partial charge on any atom is -0.512 e. The zero-order chi connectivity index (χ0) is 6.00. The van der Waals surface area contributed by atoms with Crippen molar-refractivity contribution in [1.82, 2.24) is 0 Å². The van der Waals surface area contributed by atoms with Crippen LogP contribution in [-0.4, -0.2) is 0 Å². The second-order valence-electron chi connectivity index (χ2n) is 0. The fourth-order valence-corrected chi connectivity index (χ4v) is 0. The number of nitrogens with zero attached hydrogens (tertiary/aromatic N) is 3. The average molecular weight is 197 g/mol. The van der Waals surface area contributed by atoms with Crippen molar-refractivity contribution >= 4 is 0 Å². The van der Waals surface area contributed by atoms with Crippen LogP contribution in [0.15, 0.2) is 0 Å². The van der Waals surface area contributed by atoms with E-state index in [4.69, 9.17) is 35.5 Å². The van der Waals surface area contributed by atoms with Crippen LogP contribution in [0.1, 0.15) is 0 Å². The first-order valence-electron chi connectivity index (χ1n) is 0.671. The molecule has 0 unspecified atom stereocenters. The van der Waals surface area contributed by atoms with Gasteiger partial charge < -0.3 is 35.5 Å². The third kappa shape index (κ3) is 465. The van der Waals surface area contributed by atoms with E-state index in [1.165, 1.54) is 0 Å². The SMILES string of the molecule is [C-]#N.[C-]#N.[C-]#N.[Cu].[Fe+3]. The monoisotopic (exact) mass is 197 g/mol. The molecule has 0 aromatic heterocycles. The summed E-state index contributed by atoms with van der Waals surface area (Å²) in [5.74, 6) is 0. The molecular formula is C3CuFeN3. The first-order valence-corrected chi connectivity index (χ1v) is 0.671. The smallest absolute Gasteiger partial charge is 0.512 e. The molecule has 0 saturated heterocycles. The van der Waals surface area contributed by atoms with Crippen LogP contribution in [0.3, 0.4) is 0 Å². The first-order chi connectivity index (χ1) is 3.00. The molecule has 0 spiro atoms. The van der Waals surface area contributed by atoms with E-state index in [0.29, 0.717) is 0 Å².